The van der Waals surface area contributed by atoms with Crippen molar-refractivity contribution >= 4 is 11.9 Å². The molecule has 0 aromatic rings. The highest BCUT2D eigenvalue weighted by Gasteiger charge is 2.05. The van der Waals surface area contributed by atoms with E-state index in [0.717, 1.165) is 25.7 Å². The number of carbonyl (C=O) groups is 2. The highest BCUT2D eigenvalue weighted by Crippen LogP contribution is 2.09. The number of rotatable bonds is 17. The standard InChI is InChI=1S/C13H24O2.C11H20O2/c1-3-5-6-7-8-9-10-11-12-15-13(14)4-2;1-4-6-7-8-9-10(3)13-11(12)5-2/h4H,2-3,5-12H2,1H3;5,10H,2,4,6-9H2,1,3H3. The number of carbonyl (C=O) groups excluding carboxylic acids is 2. The first-order valence-electron chi connectivity index (χ1n) is 11.1. The highest BCUT2D eigenvalue weighted by atomic mass is 16.5. The summed E-state index contributed by atoms with van der Waals surface area (Å²) in [5.74, 6) is -0.624. The molecule has 0 heterocycles. The van der Waals surface area contributed by atoms with Crippen molar-refractivity contribution in [2.75, 3.05) is 6.61 Å². The second-order valence-electron chi connectivity index (χ2n) is 7.15. The van der Waals surface area contributed by atoms with Crippen LogP contribution in [-0.2, 0) is 19.1 Å². The average Bonchev–Trinajstić information content (AvgIpc) is 2.70. The fourth-order valence-corrected chi connectivity index (χ4v) is 2.63. The number of ether oxygens (including phenoxy) is 2. The normalized spacial score (nSPS) is 11.0. The van der Waals surface area contributed by atoms with Gasteiger partial charge in [0, 0.05) is 12.2 Å². The summed E-state index contributed by atoms with van der Waals surface area (Å²) in [4.78, 5) is 21.4. The van der Waals surface area contributed by atoms with Crippen LogP contribution >= 0.6 is 0 Å². The summed E-state index contributed by atoms with van der Waals surface area (Å²) < 4.78 is 9.90. The second-order valence-corrected chi connectivity index (χ2v) is 7.15. The molecular weight excluding hydrogens is 352 g/mol. The summed E-state index contributed by atoms with van der Waals surface area (Å²) >= 11 is 0. The van der Waals surface area contributed by atoms with E-state index in [9.17, 15) is 9.59 Å². The van der Waals surface area contributed by atoms with E-state index in [1.165, 1.54) is 69.9 Å². The largest absolute Gasteiger partial charge is 0.463 e. The van der Waals surface area contributed by atoms with E-state index in [-0.39, 0.29) is 18.0 Å². The van der Waals surface area contributed by atoms with Gasteiger partial charge >= 0.3 is 11.9 Å². The van der Waals surface area contributed by atoms with E-state index in [4.69, 9.17) is 9.47 Å². The minimum atomic E-state index is -0.317. The van der Waals surface area contributed by atoms with Crippen LogP contribution in [0.1, 0.15) is 104 Å². The lowest BCUT2D eigenvalue weighted by atomic mass is 10.1. The minimum absolute atomic E-state index is 0.0300. The van der Waals surface area contributed by atoms with Crippen LogP contribution < -0.4 is 0 Å². The van der Waals surface area contributed by atoms with Gasteiger partial charge in [0.1, 0.15) is 0 Å². The maximum atomic E-state index is 10.8. The number of unbranched alkanes of at least 4 members (excludes halogenated alkanes) is 10. The summed E-state index contributed by atoms with van der Waals surface area (Å²) in [5.41, 5.74) is 0. The molecule has 0 saturated heterocycles. The average molecular weight is 397 g/mol. The topological polar surface area (TPSA) is 52.6 Å². The lowest BCUT2D eigenvalue weighted by Gasteiger charge is -2.10. The fourth-order valence-electron chi connectivity index (χ4n) is 2.63. The van der Waals surface area contributed by atoms with E-state index >= 15 is 0 Å². The fraction of sp³-hybridized carbons (Fsp3) is 0.750. The summed E-state index contributed by atoms with van der Waals surface area (Å²) in [6, 6.07) is 0. The molecule has 1 atom stereocenters. The molecule has 4 heteroatoms. The Kier molecular flexibility index (Phi) is 24.0. The maximum absolute atomic E-state index is 10.8. The Balaban J connectivity index is 0. The molecule has 0 aliphatic heterocycles. The van der Waals surface area contributed by atoms with Crippen molar-refractivity contribution in [3.05, 3.63) is 25.3 Å². The van der Waals surface area contributed by atoms with Crippen molar-refractivity contribution in [2.45, 2.75) is 110 Å². The first-order chi connectivity index (χ1) is 13.5. The van der Waals surface area contributed by atoms with Crippen LogP contribution in [0.2, 0.25) is 0 Å². The smallest absolute Gasteiger partial charge is 0.330 e. The molecule has 0 aliphatic rings. The molecule has 0 aliphatic carbocycles. The van der Waals surface area contributed by atoms with Gasteiger partial charge < -0.3 is 9.47 Å². The van der Waals surface area contributed by atoms with Gasteiger partial charge in [0.25, 0.3) is 0 Å². The summed E-state index contributed by atoms with van der Waals surface area (Å²) in [6.45, 7) is 13.6. The van der Waals surface area contributed by atoms with Gasteiger partial charge in [-0.15, -0.1) is 0 Å². The zero-order valence-electron chi connectivity index (χ0n) is 18.7. The van der Waals surface area contributed by atoms with E-state index in [0.29, 0.717) is 6.61 Å². The van der Waals surface area contributed by atoms with E-state index in [1.54, 1.807) is 0 Å². The van der Waals surface area contributed by atoms with Gasteiger partial charge in [-0.1, -0.05) is 91.2 Å². The van der Waals surface area contributed by atoms with E-state index < -0.39 is 0 Å². The third-order valence-corrected chi connectivity index (χ3v) is 4.36. The van der Waals surface area contributed by atoms with Crippen LogP contribution in [0.15, 0.2) is 25.3 Å². The quantitative estimate of drug-likeness (QED) is 0.152. The second kappa shape index (κ2) is 23.5. The van der Waals surface area contributed by atoms with Crippen LogP contribution in [0, 0.1) is 0 Å². The number of hydrogen-bond donors (Lipinski definition) is 0. The Morgan fingerprint density at radius 3 is 1.71 bits per heavy atom. The molecule has 0 saturated carbocycles. The van der Waals surface area contributed by atoms with Crippen molar-refractivity contribution in [2.24, 2.45) is 0 Å². The molecule has 1 unspecified atom stereocenters. The zero-order valence-corrected chi connectivity index (χ0v) is 18.7. The summed E-state index contributed by atoms with van der Waals surface area (Å²) in [7, 11) is 0. The van der Waals surface area contributed by atoms with Crippen LogP contribution in [0.25, 0.3) is 0 Å². The molecule has 0 aromatic carbocycles. The molecule has 0 bridgehead atoms. The molecular formula is C24H44O4. The molecule has 0 radical (unpaired) electrons. The van der Waals surface area contributed by atoms with Crippen LogP contribution in [0.5, 0.6) is 0 Å². The highest BCUT2D eigenvalue weighted by molar-refractivity contribution is 5.81. The van der Waals surface area contributed by atoms with Crippen molar-refractivity contribution < 1.29 is 19.1 Å². The molecule has 28 heavy (non-hydrogen) atoms. The van der Waals surface area contributed by atoms with E-state index in [2.05, 4.69) is 27.0 Å². The van der Waals surface area contributed by atoms with Crippen LogP contribution in [0.3, 0.4) is 0 Å². The van der Waals surface area contributed by atoms with Gasteiger partial charge in [-0.05, 0) is 26.2 Å². The van der Waals surface area contributed by atoms with Crippen molar-refractivity contribution in [3.63, 3.8) is 0 Å². The predicted molar refractivity (Wildman–Crippen MR) is 118 cm³/mol. The van der Waals surface area contributed by atoms with Crippen molar-refractivity contribution in [1.29, 1.82) is 0 Å². The molecule has 0 rings (SSSR count). The molecule has 0 fully saturated rings. The Bertz CT molecular complexity index is 390. The molecule has 4 nitrogen and oxygen atoms in total. The maximum Gasteiger partial charge on any atom is 0.330 e. The Morgan fingerprint density at radius 1 is 0.750 bits per heavy atom. The van der Waals surface area contributed by atoms with Gasteiger partial charge in [-0.25, -0.2) is 9.59 Å². The summed E-state index contributed by atoms with van der Waals surface area (Å²) in [6.07, 6.45) is 18.4. The Labute approximate surface area is 173 Å². The lowest BCUT2D eigenvalue weighted by molar-refractivity contribution is -0.142. The number of esters is 2. The van der Waals surface area contributed by atoms with Crippen LogP contribution in [-0.4, -0.2) is 24.6 Å². The molecule has 0 N–H and O–H groups in total. The van der Waals surface area contributed by atoms with Crippen molar-refractivity contribution in [3.8, 4) is 0 Å². The van der Waals surface area contributed by atoms with Gasteiger partial charge in [-0.2, -0.15) is 0 Å². The van der Waals surface area contributed by atoms with E-state index in [1.807, 2.05) is 6.92 Å². The predicted octanol–water partition coefficient (Wildman–Crippen LogP) is 6.93. The first-order valence-corrected chi connectivity index (χ1v) is 11.1. The van der Waals surface area contributed by atoms with Gasteiger partial charge in [0.05, 0.1) is 12.7 Å². The van der Waals surface area contributed by atoms with Gasteiger partial charge in [0.15, 0.2) is 0 Å². The first kappa shape index (κ1) is 28.6. The zero-order chi connectivity index (χ0) is 21.5. The molecule has 0 amide bonds. The SMILES string of the molecule is C=CC(=O)OC(C)CCCCCC.C=CC(=O)OCCCCCCCCCC. The van der Waals surface area contributed by atoms with Crippen molar-refractivity contribution in [1.82, 2.24) is 0 Å². The molecule has 164 valence electrons. The van der Waals surface area contributed by atoms with Gasteiger partial charge in [0.2, 0.25) is 0 Å². The number of hydrogen-bond acceptors (Lipinski definition) is 4. The molecule has 0 aromatic heterocycles. The minimum Gasteiger partial charge on any atom is -0.463 e. The Hall–Kier alpha value is -1.58. The van der Waals surface area contributed by atoms with Crippen LogP contribution in [0.4, 0.5) is 0 Å². The molecule has 0 spiro atoms. The van der Waals surface area contributed by atoms with Gasteiger partial charge in [-0.3, -0.25) is 0 Å². The third-order valence-electron chi connectivity index (χ3n) is 4.36. The third kappa shape index (κ3) is 24.4. The monoisotopic (exact) mass is 396 g/mol. The Morgan fingerprint density at radius 2 is 1.21 bits per heavy atom. The lowest BCUT2D eigenvalue weighted by Crippen LogP contribution is -2.12. The summed E-state index contributed by atoms with van der Waals surface area (Å²) in [5, 5.41) is 0.